The van der Waals surface area contributed by atoms with Crippen molar-refractivity contribution in [1.29, 1.82) is 0 Å². The van der Waals surface area contributed by atoms with Gasteiger partial charge in [-0.1, -0.05) is 46.3 Å². The van der Waals surface area contributed by atoms with Gasteiger partial charge in [-0.05, 0) is 61.9 Å². The lowest BCUT2D eigenvalue weighted by Gasteiger charge is -2.38. The van der Waals surface area contributed by atoms with Crippen LogP contribution in [0.5, 0.6) is 0 Å². The molecular formula is C29H21BrN4O3. The number of carbonyl (C=O) groups excluding carboxylic acids is 2. The molecule has 5 heterocycles. The fraction of sp³-hybridized carbons (Fsp3) is 0.241. The van der Waals surface area contributed by atoms with Crippen LogP contribution in [-0.2, 0) is 15.1 Å². The second-order valence-electron chi connectivity index (χ2n) is 10.3. The highest BCUT2D eigenvalue weighted by molar-refractivity contribution is 9.10. The van der Waals surface area contributed by atoms with Gasteiger partial charge in [0.2, 0.25) is 11.8 Å². The normalized spacial score (nSPS) is 27.7. The minimum atomic E-state index is -0.984. The van der Waals surface area contributed by atoms with E-state index in [9.17, 15) is 14.4 Å². The number of benzene rings is 3. The maximum atomic E-state index is 14.4. The summed E-state index contributed by atoms with van der Waals surface area (Å²) in [7, 11) is 0. The summed E-state index contributed by atoms with van der Waals surface area (Å²) in [5, 5.41) is 0.538. The van der Waals surface area contributed by atoms with Gasteiger partial charge < -0.3 is 0 Å². The molecule has 3 saturated heterocycles. The van der Waals surface area contributed by atoms with Crippen LogP contribution < -0.4 is 10.5 Å². The van der Waals surface area contributed by atoms with Gasteiger partial charge in [0.05, 0.1) is 34.1 Å². The number of rotatable bonds is 1. The van der Waals surface area contributed by atoms with Crippen LogP contribution in [-0.4, -0.2) is 38.9 Å². The zero-order chi connectivity index (χ0) is 25.1. The Morgan fingerprint density at radius 1 is 0.892 bits per heavy atom. The van der Waals surface area contributed by atoms with Crippen LogP contribution >= 0.6 is 15.9 Å². The Balaban J connectivity index is 1.45. The third-order valence-electron chi connectivity index (χ3n) is 8.73. The van der Waals surface area contributed by atoms with Crippen molar-refractivity contribution in [2.24, 2.45) is 11.8 Å². The van der Waals surface area contributed by atoms with Crippen LogP contribution in [0.15, 0.2) is 82.1 Å². The smallest absolute Gasteiger partial charge is 0.266 e. The van der Waals surface area contributed by atoms with Crippen molar-refractivity contribution in [1.82, 2.24) is 14.5 Å². The van der Waals surface area contributed by atoms with Crippen LogP contribution in [0, 0.1) is 11.8 Å². The summed E-state index contributed by atoms with van der Waals surface area (Å²) in [6, 6.07) is 22.3. The summed E-state index contributed by atoms with van der Waals surface area (Å²) >= 11 is 3.45. The second-order valence-corrected chi connectivity index (χ2v) is 11.2. The number of aromatic nitrogens is 2. The lowest BCUT2D eigenvalue weighted by molar-refractivity contribution is -0.124. The van der Waals surface area contributed by atoms with Gasteiger partial charge in [0.1, 0.15) is 11.4 Å². The van der Waals surface area contributed by atoms with E-state index >= 15 is 0 Å². The molecule has 37 heavy (non-hydrogen) atoms. The third-order valence-corrected chi connectivity index (χ3v) is 9.25. The molecule has 4 atom stereocenters. The topological polar surface area (TPSA) is 75.5 Å². The summed E-state index contributed by atoms with van der Waals surface area (Å²) < 4.78 is 2.57. The number of anilines is 1. The van der Waals surface area contributed by atoms with Crippen LogP contribution in [0.4, 0.5) is 5.69 Å². The molecule has 182 valence electrons. The van der Waals surface area contributed by atoms with Crippen LogP contribution in [0.3, 0.4) is 0 Å². The summed E-state index contributed by atoms with van der Waals surface area (Å²) in [6.45, 7) is 0.744. The number of amides is 2. The zero-order valence-corrected chi connectivity index (χ0v) is 21.3. The van der Waals surface area contributed by atoms with E-state index in [2.05, 4.69) is 20.8 Å². The number of fused-ring (bicyclic) bond motifs is 11. The lowest BCUT2D eigenvalue weighted by atomic mass is 9.75. The summed E-state index contributed by atoms with van der Waals surface area (Å²) in [6.07, 6.45) is 1.76. The van der Waals surface area contributed by atoms with Gasteiger partial charge in [-0.15, -0.1) is 0 Å². The third kappa shape index (κ3) is 2.45. The van der Waals surface area contributed by atoms with E-state index in [0.29, 0.717) is 22.4 Å². The first-order chi connectivity index (χ1) is 18.0. The number of para-hydroxylation sites is 2. The van der Waals surface area contributed by atoms with Gasteiger partial charge in [-0.2, -0.15) is 0 Å². The fourth-order valence-corrected chi connectivity index (χ4v) is 7.72. The van der Waals surface area contributed by atoms with Gasteiger partial charge in [0.25, 0.3) is 5.56 Å². The predicted octanol–water partition coefficient (Wildman–Crippen LogP) is 3.99. The molecule has 0 N–H and O–H groups in total. The highest BCUT2D eigenvalue weighted by atomic mass is 79.9. The Morgan fingerprint density at radius 2 is 1.65 bits per heavy atom. The molecule has 7 nitrogen and oxygen atoms in total. The van der Waals surface area contributed by atoms with Crippen molar-refractivity contribution >= 4 is 44.3 Å². The van der Waals surface area contributed by atoms with E-state index in [1.54, 1.807) is 22.8 Å². The molecular weight excluding hydrogens is 532 g/mol. The van der Waals surface area contributed by atoms with Crippen molar-refractivity contribution in [3.8, 4) is 5.69 Å². The van der Waals surface area contributed by atoms with E-state index in [-0.39, 0.29) is 23.4 Å². The van der Waals surface area contributed by atoms with Gasteiger partial charge in [-0.3, -0.25) is 23.9 Å². The van der Waals surface area contributed by atoms with Gasteiger partial charge in [0, 0.05) is 16.1 Å². The molecule has 4 aliphatic heterocycles. The molecule has 1 aromatic heterocycles. The highest BCUT2D eigenvalue weighted by Crippen LogP contribution is 2.62. The van der Waals surface area contributed by atoms with Crippen molar-refractivity contribution in [2.75, 3.05) is 11.4 Å². The molecule has 0 radical (unpaired) electrons. The average Bonchev–Trinajstić information content (AvgIpc) is 3.62. The highest BCUT2D eigenvalue weighted by Gasteiger charge is 2.73. The summed E-state index contributed by atoms with van der Waals surface area (Å²) in [5.41, 5.74) is 1.67. The second kappa shape index (κ2) is 7.24. The lowest BCUT2D eigenvalue weighted by Crippen LogP contribution is -2.51. The van der Waals surface area contributed by atoms with Crippen molar-refractivity contribution in [3.63, 3.8) is 0 Å². The van der Waals surface area contributed by atoms with Gasteiger partial charge in [-0.25, -0.2) is 9.88 Å². The molecule has 3 aromatic carbocycles. The zero-order valence-electron chi connectivity index (χ0n) is 19.7. The Labute approximate surface area is 220 Å². The van der Waals surface area contributed by atoms with E-state index in [1.165, 1.54) is 4.90 Å². The number of imide groups is 1. The predicted molar refractivity (Wildman–Crippen MR) is 141 cm³/mol. The molecule has 0 saturated carbocycles. The molecule has 2 amide bonds. The summed E-state index contributed by atoms with van der Waals surface area (Å²) in [5.74, 6) is -1.00. The largest absolute Gasteiger partial charge is 0.283 e. The Hall–Kier alpha value is -3.62. The van der Waals surface area contributed by atoms with Crippen molar-refractivity contribution in [2.45, 2.75) is 24.4 Å². The monoisotopic (exact) mass is 552 g/mol. The molecule has 0 unspecified atom stereocenters. The van der Waals surface area contributed by atoms with Crippen LogP contribution in [0.2, 0.25) is 0 Å². The fourth-order valence-electron chi connectivity index (χ4n) is 7.46. The Bertz CT molecular complexity index is 1730. The number of halogens is 1. The Kier molecular flexibility index (Phi) is 4.20. The maximum Gasteiger partial charge on any atom is 0.266 e. The van der Waals surface area contributed by atoms with E-state index in [4.69, 9.17) is 4.98 Å². The molecule has 4 aliphatic rings. The number of carbonyl (C=O) groups is 2. The summed E-state index contributed by atoms with van der Waals surface area (Å²) in [4.78, 5) is 51.1. The number of hydrogen-bond acceptors (Lipinski definition) is 5. The Morgan fingerprint density at radius 3 is 2.49 bits per heavy atom. The van der Waals surface area contributed by atoms with Gasteiger partial charge >= 0.3 is 0 Å². The number of hydrogen-bond donors (Lipinski definition) is 0. The van der Waals surface area contributed by atoms with E-state index in [0.717, 1.165) is 35.1 Å². The molecule has 8 rings (SSSR count). The minimum absolute atomic E-state index is 0.0927. The maximum absolute atomic E-state index is 14.4. The van der Waals surface area contributed by atoms with E-state index < -0.39 is 17.4 Å². The number of nitrogens with zero attached hydrogens (tertiary/aromatic N) is 4. The SMILES string of the molecule is O=C1[C@H]2[C@H]3CCCN3[C@@]3(c4ccccc4-n4c3nc3ccccc3c4=O)[C@H]2C(=O)N1c1ccc(Br)cc1. The first kappa shape index (κ1) is 21.5. The first-order valence-electron chi connectivity index (χ1n) is 12.6. The molecule has 0 bridgehead atoms. The minimum Gasteiger partial charge on any atom is -0.283 e. The molecule has 4 aromatic rings. The molecule has 8 heteroatoms. The first-order valence-corrected chi connectivity index (χ1v) is 13.3. The molecule has 1 spiro atoms. The van der Waals surface area contributed by atoms with E-state index in [1.807, 2.05) is 54.6 Å². The molecule has 0 aliphatic carbocycles. The quantitative estimate of drug-likeness (QED) is 0.334. The van der Waals surface area contributed by atoms with Gasteiger partial charge in [0.15, 0.2) is 0 Å². The molecule has 3 fully saturated rings. The average molecular weight is 553 g/mol. The standard InChI is InChI=1S/C29H21BrN4O3/c30-16-11-13-17(14-12-16)33-26(36)23-22-10-5-15-32(22)29(24(23)27(33)37)19-7-2-4-9-21(19)34-25(35)18-6-1-3-8-20(18)31-28(29)34/h1-4,6-9,11-14,22-24H,5,10,15H2/t22-,23+,24-,29+/m1/s1. The van der Waals surface area contributed by atoms with Crippen LogP contribution in [0.25, 0.3) is 16.6 Å². The van der Waals surface area contributed by atoms with Crippen molar-refractivity contribution in [3.05, 3.63) is 99.0 Å². The van der Waals surface area contributed by atoms with Crippen LogP contribution in [0.1, 0.15) is 24.2 Å². The van der Waals surface area contributed by atoms with Crippen molar-refractivity contribution < 1.29 is 9.59 Å².